The van der Waals surface area contributed by atoms with Gasteiger partial charge in [0, 0.05) is 12.3 Å². The summed E-state index contributed by atoms with van der Waals surface area (Å²) in [5.41, 5.74) is 3.24. The Hall–Kier alpha value is -3.22. The van der Waals surface area contributed by atoms with E-state index in [1.807, 2.05) is 37.3 Å². The van der Waals surface area contributed by atoms with Crippen LogP contribution in [0.25, 0.3) is 0 Å². The molecule has 1 aliphatic heterocycles. The molecule has 2 aromatic rings. The van der Waals surface area contributed by atoms with Crippen LogP contribution in [0.4, 0.5) is 0 Å². The van der Waals surface area contributed by atoms with Gasteiger partial charge in [0.05, 0.1) is 25.4 Å². The van der Waals surface area contributed by atoms with Gasteiger partial charge in [-0.3, -0.25) is 19.9 Å². The summed E-state index contributed by atoms with van der Waals surface area (Å²) < 4.78 is 7.39. The SMILES string of the molecule is CCCCCOc1ccc(C(C)=NCC=CC(=N)c2cc3n(n2)CCNC3=O)cc1. The molecule has 1 amide bonds. The third-order valence-electron chi connectivity index (χ3n) is 4.90. The number of carbonyl (C=O) groups is 1. The number of allylic oxidation sites excluding steroid dienone is 1. The number of rotatable bonds is 10. The van der Waals surface area contributed by atoms with Gasteiger partial charge in [0.1, 0.15) is 17.1 Å². The summed E-state index contributed by atoms with van der Waals surface area (Å²) in [5, 5.41) is 15.3. The molecule has 0 spiro atoms. The molecule has 0 unspecified atom stereocenters. The Morgan fingerprint density at radius 2 is 2.13 bits per heavy atom. The molecule has 0 aliphatic carbocycles. The monoisotopic (exact) mass is 407 g/mol. The van der Waals surface area contributed by atoms with E-state index in [0.717, 1.165) is 30.1 Å². The summed E-state index contributed by atoms with van der Waals surface area (Å²) in [6, 6.07) is 9.63. The van der Waals surface area contributed by atoms with Crippen LogP contribution in [0.5, 0.6) is 5.75 Å². The molecule has 0 atom stereocenters. The van der Waals surface area contributed by atoms with Gasteiger partial charge in [-0.15, -0.1) is 0 Å². The van der Waals surface area contributed by atoms with E-state index in [1.165, 1.54) is 12.8 Å². The van der Waals surface area contributed by atoms with Crippen LogP contribution in [0.15, 0.2) is 47.5 Å². The van der Waals surface area contributed by atoms with Crippen molar-refractivity contribution < 1.29 is 9.53 Å². The summed E-state index contributed by atoms with van der Waals surface area (Å²) in [5.74, 6) is 0.738. The first-order valence-corrected chi connectivity index (χ1v) is 10.4. The number of aromatic nitrogens is 2. The third kappa shape index (κ3) is 5.65. The average Bonchev–Trinajstić information content (AvgIpc) is 3.20. The molecule has 0 radical (unpaired) electrons. The number of fused-ring (bicyclic) bond motifs is 1. The van der Waals surface area contributed by atoms with Crippen LogP contribution in [-0.2, 0) is 6.54 Å². The fourth-order valence-corrected chi connectivity index (χ4v) is 3.14. The molecule has 0 fully saturated rings. The average molecular weight is 408 g/mol. The molecule has 158 valence electrons. The lowest BCUT2D eigenvalue weighted by molar-refractivity contribution is 0.0924. The summed E-state index contributed by atoms with van der Waals surface area (Å²) in [6.07, 6.45) is 6.96. The highest BCUT2D eigenvalue weighted by atomic mass is 16.5. The molecule has 30 heavy (non-hydrogen) atoms. The van der Waals surface area contributed by atoms with E-state index in [4.69, 9.17) is 10.1 Å². The quantitative estimate of drug-likeness (QED) is 0.465. The molecule has 1 aliphatic rings. The van der Waals surface area contributed by atoms with Crippen LogP contribution in [0.2, 0.25) is 0 Å². The van der Waals surface area contributed by atoms with Crippen molar-refractivity contribution in [2.24, 2.45) is 4.99 Å². The molecular formula is C23H29N5O2. The molecule has 0 bridgehead atoms. The standard InChI is InChI=1S/C23H29N5O2/c1-3-4-5-15-30-19-10-8-18(9-11-19)17(2)25-12-6-7-20(24)21-16-22-23(29)26-13-14-28(22)27-21/h6-11,16,24H,3-5,12-15H2,1-2H3,(H,26,29). The maximum Gasteiger partial charge on any atom is 0.269 e. The van der Waals surface area contributed by atoms with Gasteiger partial charge in [-0.25, -0.2) is 0 Å². The first-order chi connectivity index (χ1) is 14.6. The van der Waals surface area contributed by atoms with Gasteiger partial charge in [-0.05, 0) is 55.3 Å². The van der Waals surface area contributed by atoms with Crippen molar-refractivity contribution >= 4 is 17.3 Å². The van der Waals surface area contributed by atoms with E-state index in [0.29, 0.717) is 31.0 Å². The number of unbranched alkanes of at least 4 members (excludes halogenated alkanes) is 2. The van der Waals surface area contributed by atoms with E-state index in [9.17, 15) is 4.79 Å². The Morgan fingerprint density at radius 1 is 1.33 bits per heavy atom. The van der Waals surface area contributed by atoms with Crippen molar-refractivity contribution in [3.8, 4) is 5.75 Å². The predicted octanol–water partition coefficient (Wildman–Crippen LogP) is 3.63. The second kappa shape index (κ2) is 10.5. The molecular weight excluding hydrogens is 378 g/mol. The number of benzene rings is 1. The Morgan fingerprint density at radius 3 is 2.87 bits per heavy atom. The van der Waals surface area contributed by atoms with Gasteiger partial charge in [-0.1, -0.05) is 25.8 Å². The normalized spacial score (nSPS) is 13.9. The molecule has 2 heterocycles. The first kappa shape index (κ1) is 21.5. The number of nitrogens with zero attached hydrogens (tertiary/aromatic N) is 3. The molecule has 1 aromatic carbocycles. The largest absolute Gasteiger partial charge is 0.494 e. The van der Waals surface area contributed by atoms with Crippen molar-refractivity contribution in [1.29, 1.82) is 5.41 Å². The molecule has 3 rings (SSSR count). The molecule has 0 saturated carbocycles. The lowest BCUT2D eigenvalue weighted by Crippen LogP contribution is -2.35. The number of aliphatic imine (C=N–C) groups is 1. The smallest absolute Gasteiger partial charge is 0.269 e. The topological polar surface area (TPSA) is 92.4 Å². The summed E-state index contributed by atoms with van der Waals surface area (Å²) >= 11 is 0. The van der Waals surface area contributed by atoms with Crippen LogP contribution >= 0.6 is 0 Å². The van der Waals surface area contributed by atoms with Crippen molar-refractivity contribution in [3.63, 3.8) is 0 Å². The van der Waals surface area contributed by atoms with Gasteiger partial charge < -0.3 is 10.1 Å². The van der Waals surface area contributed by atoms with Gasteiger partial charge in [0.2, 0.25) is 0 Å². The Kier molecular flexibility index (Phi) is 7.54. The molecule has 1 aromatic heterocycles. The maximum atomic E-state index is 11.8. The van der Waals surface area contributed by atoms with Crippen LogP contribution in [-0.4, -0.2) is 46.8 Å². The lowest BCUT2D eigenvalue weighted by Gasteiger charge is -2.13. The molecule has 7 nitrogen and oxygen atoms in total. The van der Waals surface area contributed by atoms with Gasteiger partial charge in [0.25, 0.3) is 5.91 Å². The summed E-state index contributed by atoms with van der Waals surface area (Å²) in [4.78, 5) is 16.4. The minimum Gasteiger partial charge on any atom is -0.494 e. The van der Waals surface area contributed by atoms with Gasteiger partial charge >= 0.3 is 0 Å². The Labute approximate surface area is 177 Å². The fraction of sp³-hybridized carbons (Fsp3) is 0.391. The number of ether oxygens (including phenoxy) is 1. The number of nitrogens with one attached hydrogen (secondary N) is 2. The number of amides is 1. The fourth-order valence-electron chi connectivity index (χ4n) is 3.14. The predicted molar refractivity (Wildman–Crippen MR) is 119 cm³/mol. The zero-order valence-electron chi connectivity index (χ0n) is 17.6. The van der Waals surface area contributed by atoms with E-state index in [2.05, 4.69) is 22.3 Å². The van der Waals surface area contributed by atoms with E-state index in [-0.39, 0.29) is 11.6 Å². The minimum atomic E-state index is -0.144. The van der Waals surface area contributed by atoms with E-state index in [1.54, 1.807) is 16.8 Å². The highest BCUT2D eigenvalue weighted by Crippen LogP contribution is 2.14. The van der Waals surface area contributed by atoms with Gasteiger partial charge in [-0.2, -0.15) is 5.10 Å². The van der Waals surface area contributed by atoms with Crippen molar-refractivity contribution in [2.75, 3.05) is 19.7 Å². The van der Waals surface area contributed by atoms with E-state index < -0.39 is 0 Å². The van der Waals surface area contributed by atoms with Gasteiger partial charge in [0.15, 0.2) is 0 Å². The Balaban J connectivity index is 1.51. The number of hydrogen-bond donors (Lipinski definition) is 2. The second-order valence-electron chi connectivity index (χ2n) is 7.22. The van der Waals surface area contributed by atoms with Crippen LogP contribution in [0.1, 0.15) is 54.9 Å². The van der Waals surface area contributed by atoms with Crippen molar-refractivity contribution in [2.45, 2.75) is 39.7 Å². The summed E-state index contributed by atoms with van der Waals surface area (Å²) in [7, 11) is 0. The second-order valence-corrected chi connectivity index (χ2v) is 7.22. The number of carbonyl (C=O) groups excluding carboxylic acids is 1. The third-order valence-corrected chi connectivity index (χ3v) is 4.90. The zero-order chi connectivity index (χ0) is 21.3. The Bertz CT molecular complexity index is 941. The van der Waals surface area contributed by atoms with Crippen LogP contribution < -0.4 is 10.1 Å². The maximum absolute atomic E-state index is 11.8. The van der Waals surface area contributed by atoms with Crippen LogP contribution in [0.3, 0.4) is 0 Å². The highest BCUT2D eigenvalue weighted by molar-refractivity contribution is 6.06. The first-order valence-electron chi connectivity index (χ1n) is 10.4. The number of hydrogen-bond acceptors (Lipinski definition) is 5. The van der Waals surface area contributed by atoms with E-state index >= 15 is 0 Å². The minimum absolute atomic E-state index is 0.144. The van der Waals surface area contributed by atoms with Crippen LogP contribution in [0, 0.1) is 5.41 Å². The molecule has 2 N–H and O–H groups in total. The van der Waals surface area contributed by atoms with Crippen molar-refractivity contribution in [3.05, 3.63) is 59.4 Å². The molecule has 7 heteroatoms. The van der Waals surface area contributed by atoms with Crippen molar-refractivity contribution in [1.82, 2.24) is 15.1 Å². The summed E-state index contributed by atoms with van der Waals surface area (Å²) in [6.45, 7) is 6.57. The lowest BCUT2D eigenvalue weighted by atomic mass is 10.1. The molecule has 0 saturated heterocycles. The zero-order valence-corrected chi connectivity index (χ0v) is 17.6. The highest BCUT2D eigenvalue weighted by Gasteiger charge is 2.19.